The van der Waals surface area contributed by atoms with Crippen molar-refractivity contribution in [1.82, 2.24) is 0 Å². The molecule has 0 spiro atoms. The van der Waals surface area contributed by atoms with Crippen molar-refractivity contribution in [2.24, 2.45) is 5.41 Å². The molecule has 1 aliphatic rings. The molecule has 0 amide bonds. The minimum absolute atomic E-state index is 0.620. The van der Waals surface area contributed by atoms with Crippen LogP contribution in [0, 0.1) is 5.41 Å². The summed E-state index contributed by atoms with van der Waals surface area (Å²) < 4.78 is 0. The third-order valence-electron chi connectivity index (χ3n) is 1.61. The number of rotatable bonds is 1. The topological polar surface area (TPSA) is 0 Å². The highest BCUT2D eigenvalue weighted by atomic mass is 14.4. The van der Waals surface area contributed by atoms with Gasteiger partial charge in [-0.05, 0) is 25.2 Å². The molecule has 0 heterocycles. The zero-order chi connectivity index (χ0) is 5.33. The fraction of sp³-hybridized carbons (Fsp3) is 0.714. The lowest BCUT2D eigenvalue weighted by molar-refractivity contribution is 0.746. The molecule has 0 saturated heterocycles. The largest absolute Gasteiger partial charge is 0.0911 e. The summed E-state index contributed by atoms with van der Waals surface area (Å²) in [4.78, 5) is 0. The van der Waals surface area contributed by atoms with Gasteiger partial charge in [0.15, 0.2) is 0 Å². The van der Waals surface area contributed by atoms with E-state index >= 15 is 0 Å². The van der Waals surface area contributed by atoms with Gasteiger partial charge in [0.25, 0.3) is 0 Å². The Labute approximate surface area is 45.2 Å². The third-order valence-corrected chi connectivity index (χ3v) is 1.61. The first-order valence-corrected chi connectivity index (χ1v) is 2.91. The molecule has 0 aromatic rings. The van der Waals surface area contributed by atoms with Gasteiger partial charge in [-0.15, -0.1) is 0 Å². The van der Waals surface area contributed by atoms with Gasteiger partial charge in [-0.1, -0.05) is 19.1 Å². The van der Waals surface area contributed by atoms with E-state index in [4.69, 9.17) is 0 Å². The summed E-state index contributed by atoms with van der Waals surface area (Å²) in [5, 5.41) is 0. The van der Waals surface area contributed by atoms with E-state index in [0.29, 0.717) is 5.41 Å². The maximum Gasteiger partial charge on any atom is -0.0146 e. The average Bonchev–Trinajstić information content (AvgIpc) is 2.22. The lowest BCUT2D eigenvalue weighted by Crippen LogP contribution is -1.81. The highest BCUT2D eigenvalue weighted by molar-refractivity contribution is 5.05. The monoisotopic (exact) mass is 96.1 g/mol. The molecule has 0 aromatic heterocycles. The summed E-state index contributed by atoms with van der Waals surface area (Å²) in [7, 11) is 0. The van der Waals surface area contributed by atoms with Crippen LogP contribution in [0.3, 0.4) is 0 Å². The molecular formula is C7H12. The van der Waals surface area contributed by atoms with Gasteiger partial charge in [-0.2, -0.15) is 0 Å². The fourth-order valence-corrected chi connectivity index (χ4v) is 0.766. The van der Waals surface area contributed by atoms with E-state index in [1.807, 2.05) is 0 Å². The fourth-order valence-electron chi connectivity index (χ4n) is 0.766. The molecule has 1 saturated carbocycles. The van der Waals surface area contributed by atoms with Crippen LogP contribution in [0.2, 0.25) is 0 Å². The molecule has 0 nitrogen and oxygen atoms in total. The van der Waals surface area contributed by atoms with Crippen LogP contribution in [-0.4, -0.2) is 0 Å². The Kier molecular flexibility index (Phi) is 0.949. The predicted molar refractivity (Wildman–Crippen MR) is 32.2 cm³/mol. The molecule has 7 heavy (non-hydrogen) atoms. The molecule has 0 bridgehead atoms. The average molecular weight is 96.2 g/mol. The van der Waals surface area contributed by atoms with Crippen molar-refractivity contribution in [1.29, 1.82) is 0 Å². The van der Waals surface area contributed by atoms with Crippen LogP contribution in [0.15, 0.2) is 12.2 Å². The van der Waals surface area contributed by atoms with E-state index in [2.05, 4.69) is 26.0 Å². The Hall–Kier alpha value is -0.260. The Morgan fingerprint density at radius 1 is 1.43 bits per heavy atom. The van der Waals surface area contributed by atoms with Crippen LogP contribution >= 0.6 is 0 Å². The molecule has 1 aliphatic carbocycles. The second-order valence-electron chi connectivity index (χ2n) is 2.65. The van der Waals surface area contributed by atoms with E-state index in [1.165, 1.54) is 12.8 Å². The summed E-state index contributed by atoms with van der Waals surface area (Å²) >= 11 is 0. The maximum absolute atomic E-state index is 2.30. The molecule has 0 N–H and O–H groups in total. The highest BCUT2D eigenvalue weighted by Crippen LogP contribution is 2.46. The van der Waals surface area contributed by atoms with E-state index in [-0.39, 0.29) is 0 Å². The highest BCUT2D eigenvalue weighted by Gasteiger charge is 2.33. The van der Waals surface area contributed by atoms with E-state index in [1.54, 1.807) is 0 Å². The lowest BCUT2D eigenvalue weighted by atomic mass is 10.1. The van der Waals surface area contributed by atoms with Crippen molar-refractivity contribution in [3.05, 3.63) is 12.2 Å². The van der Waals surface area contributed by atoms with Crippen LogP contribution in [0.4, 0.5) is 0 Å². The Morgan fingerprint density at radius 3 is 2.14 bits per heavy atom. The minimum Gasteiger partial charge on any atom is -0.0911 e. The summed E-state index contributed by atoms with van der Waals surface area (Å²) in [6.45, 7) is 4.39. The van der Waals surface area contributed by atoms with Gasteiger partial charge in [0, 0.05) is 0 Å². The van der Waals surface area contributed by atoms with E-state index < -0.39 is 0 Å². The molecule has 1 fully saturated rings. The van der Waals surface area contributed by atoms with Crippen LogP contribution in [0.1, 0.15) is 26.7 Å². The van der Waals surface area contributed by atoms with Crippen LogP contribution in [-0.2, 0) is 0 Å². The normalized spacial score (nSPS) is 26.0. The van der Waals surface area contributed by atoms with Crippen molar-refractivity contribution in [3.63, 3.8) is 0 Å². The molecular weight excluding hydrogens is 84.1 g/mol. The smallest absolute Gasteiger partial charge is 0.0146 e. The van der Waals surface area contributed by atoms with Gasteiger partial charge in [-0.3, -0.25) is 0 Å². The SMILES string of the molecule is C/C=C\C1(C)CC1. The van der Waals surface area contributed by atoms with Crippen molar-refractivity contribution < 1.29 is 0 Å². The van der Waals surface area contributed by atoms with Crippen LogP contribution in [0.25, 0.3) is 0 Å². The molecule has 0 aromatic carbocycles. The zero-order valence-corrected chi connectivity index (χ0v) is 5.07. The summed E-state index contributed by atoms with van der Waals surface area (Å²) in [6.07, 6.45) is 7.24. The third kappa shape index (κ3) is 1.05. The van der Waals surface area contributed by atoms with Crippen molar-refractivity contribution in [2.45, 2.75) is 26.7 Å². The molecule has 0 heteroatoms. The molecule has 40 valence electrons. The first-order chi connectivity index (χ1) is 3.27. The molecule has 0 aliphatic heterocycles. The Bertz CT molecular complexity index is 86.2. The van der Waals surface area contributed by atoms with Gasteiger partial charge in [-0.25, -0.2) is 0 Å². The first kappa shape index (κ1) is 4.89. The van der Waals surface area contributed by atoms with E-state index in [0.717, 1.165) is 0 Å². The van der Waals surface area contributed by atoms with E-state index in [9.17, 15) is 0 Å². The molecule has 0 unspecified atom stereocenters. The summed E-state index contributed by atoms with van der Waals surface area (Å²) in [5.41, 5.74) is 0.620. The van der Waals surface area contributed by atoms with Crippen LogP contribution < -0.4 is 0 Å². The number of hydrogen-bond donors (Lipinski definition) is 0. The molecule has 0 atom stereocenters. The standard InChI is InChI=1S/C7H12/c1-3-4-7(2)5-6-7/h3-4H,5-6H2,1-2H3/b4-3-. The van der Waals surface area contributed by atoms with Gasteiger partial charge in [0.05, 0.1) is 0 Å². The predicted octanol–water partition coefficient (Wildman–Crippen LogP) is 2.36. The van der Waals surface area contributed by atoms with Crippen molar-refractivity contribution >= 4 is 0 Å². The number of allylic oxidation sites excluding steroid dienone is 2. The maximum atomic E-state index is 2.30. The summed E-state index contributed by atoms with van der Waals surface area (Å²) in [5.74, 6) is 0. The van der Waals surface area contributed by atoms with Gasteiger partial charge in [0.1, 0.15) is 0 Å². The lowest BCUT2D eigenvalue weighted by Gasteiger charge is -1.93. The second kappa shape index (κ2) is 1.36. The Morgan fingerprint density at radius 2 is 2.00 bits per heavy atom. The van der Waals surface area contributed by atoms with Gasteiger partial charge in [0.2, 0.25) is 0 Å². The van der Waals surface area contributed by atoms with Gasteiger partial charge >= 0.3 is 0 Å². The molecule has 1 rings (SSSR count). The Balaban J connectivity index is 2.40. The quantitative estimate of drug-likeness (QED) is 0.439. The minimum atomic E-state index is 0.620. The second-order valence-corrected chi connectivity index (χ2v) is 2.65. The summed E-state index contributed by atoms with van der Waals surface area (Å²) in [6, 6.07) is 0. The zero-order valence-electron chi connectivity index (χ0n) is 5.07. The number of hydrogen-bond acceptors (Lipinski definition) is 0. The van der Waals surface area contributed by atoms with Crippen molar-refractivity contribution in [3.8, 4) is 0 Å². The van der Waals surface area contributed by atoms with Crippen LogP contribution in [0.5, 0.6) is 0 Å². The van der Waals surface area contributed by atoms with Crippen molar-refractivity contribution in [2.75, 3.05) is 0 Å². The molecule has 0 radical (unpaired) electrons. The first-order valence-electron chi connectivity index (χ1n) is 2.91. The van der Waals surface area contributed by atoms with Gasteiger partial charge < -0.3 is 0 Å².